The number of carbonyl (C=O) groups is 1. The van der Waals surface area contributed by atoms with E-state index in [1.165, 1.54) is 6.26 Å². The molecule has 1 saturated heterocycles. The summed E-state index contributed by atoms with van der Waals surface area (Å²) in [5, 5.41) is 19.6. The molecule has 1 aliphatic rings. The Morgan fingerprint density at radius 1 is 1.31 bits per heavy atom. The Bertz CT molecular complexity index is 1090. The van der Waals surface area contributed by atoms with Crippen LogP contribution in [0.15, 0.2) is 43.8 Å². The topological polar surface area (TPSA) is 107 Å². The highest BCUT2D eigenvalue weighted by Crippen LogP contribution is 2.32. The standard InChI is InChI=1S/C20H17BrN4O4/c1-12-9-13(17(26)14(21)10-12)19(27)24-4-6-25(7-5-24)20-15(11-22)23-18(29-20)16-3-2-8-28-16/h2-3,8-10,26H,4-7H2,1H3. The van der Waals surface area contributed by atoms with Crippen LogP contribution in [0.1, 0.15) is 21.6 Å². The van der Waals surface area contributed by atoms with Crippen molar-refractivity contribution in [2.75, 3.05) is 31.1 Å². The number of phenols is 1. The number of nitriles is 1. The molecule has 0 radical (unpaired) electrons. The van der Waals surface area contributed by atoms with Crippen LogP contribution in [0.4, 0.5) is 5.88 Å². The monoisotopic (exact) mass is 456 g/mol. The fourth-order valence-corrected chi connectivity index (χ4v) is 3.86. The van der Waals surface area contributed by atoms with Gasteiger partial charge in [0.15, 0.2) is 5.76 Å². The van der Waals surface area contributed by atoms with Crippen LogP contribution < -0.4 is 4.90 Å². The maximum atomic E-state index is 12.9. The SMILES string of the molecule is Cc1cc(Br)c(O)c(C(=O)N2CCN(c3oc(-c4ccco4)nc3C#N)CC2)c1. The van der Waals surface area contributed by atoms with Gasteiger partial charge in [-0.25, -0.2) is 0 Å². The number of amides is 1. The predicted octanol–water partition coefficient (Wildman–Crippen LogP) is 3.55. The second-order valence-electron chi connectivity index (χ2n) is 6.68. The van der Waals surface area contributed by atoms with E-state index in [9.17, 15) is 15.2 Å². The largest absolute Gasteiger partial charge is 0.506 e. The number of aromatic hydroxyl groups is 1. The van der Waals surface area contributed by atoms with Crippen LogP contribution in [-0.4, -0.2) is 47.1 Å². The molecule has 3 heterocycles. The van der Waals surface area contributed by atoms with Crippen molar-refractivity contribution in [3.8, 4) is 23.5 Å². The first-order valence-electron chi connectivity index (χ1n) is 8.96. The van der Waals surface area contributed by atoms with E-state index in [2.05, 4.69) is 20.9 Å². The van der Waals surface area contributed by atoms with Gasteiger partial charge in [0.1, 0.15) is 11.8 Å². The Balaban J connectivity index is 1.50. The number of aryl methyl sites for hydroxylation is 1. The van der Waals surface area contributed by atoms with Gasteiger partial charge in [0, 0.05) is 26.2 Å². The van der Waals surface area contributed by atoms with E-state index in [0.717, 1.165) is 5.56 Å². The summed E-state index contributed by atoms with van der Waals surface area (Å²) in [6, 6.07) is 8.91. The van der Waals surface area contributed by atoms with Gasteiger partial charge in [0.2, 0.25) is 11.6 Å². The van der Waals surface area contributed by atoms with Crippen LogP contribution in [0.25, 0.3) is 11.7 Å². The zero-order chi connectivity index (χ0) is 20.5. The molecule has 1 amide bonds. The van der Waals surface area contributed by atoms with E-state index in [0.29, 0.717) is 42.3 Å². The zero-order valence-electron chi connectivity index (χ0n) is 15.6. The van der Waals surface area contributed by atoms with Gasteiger partial charge in [-0.05, 0) is 52.7 Å². The predicted molar refractivity (Wildman–Crippen MR) is 108 cm³/mol. The van der Waals surface area contributed by atoms with Gasteiger partial charge in [-0.3, -0.25) is 4.79 Å². The third kappa shape index (κ3) is 3.59. The smallest absolute Gasteiger partial charge is 0.266 e. The lowest BCUT2D eigenvalue weighted by atomic mass is 10.1. The first kappa shape index (κ1) is 19.1. The third-order valence-corrected chi connectivity index (χ3v) is 5.34. The Kier molecular flexibility index (Phi) is 5.03. The lowest BCUT2D eigenvalue weighted by molar-refractivity contribution is 0.0742. The fraction of sp³-hybridized carbons (Fsp3) is 0.250. The molecule has 8 nitrogen and oxygen atoms in total. The lowest BCUT2D eigenvalue weighted by Crippen LogP contribution is -2.49. The Morgan fingerprint density at radius 2 is 2.07 bits per heavy atom. The van der Waals surface area contributed by atoms with Gasteiger partial charge >= 0.3 is 0 Å². The van der Waals surface area contributed by atoms with Gasteiger partial charge in [0.05, 0.1) is 16.3 Å². The Morgan fingerprint density at radius 3 is 2.72 bits per heavy atom. The molecule has 1 aromatic carbocycles. The molecular weight excluding hydrogens is 440 g/mol. The number of nitrogens with zero attached hydrogens (tertiary/aromatic N) is 4. The average molecular weight is 457 g/mol. The summed E-state index contributed by atoms with van der Waals surface area (Å²) < 4.78 is 11.5. The van der Waals surface area contributed by atoms with Crippen LogP contribution in [0, 0.1) is 18.3 Å². The summed E-state index contributed by atoms with van der Waals surface area (Å²) in [7, 11) is 0. The Labute approximate surface area is 175 Å². The molecule has 0 saturated carbocycles. The van der Waals surface area contributed by atoms with E-state index >= 15 is 0 Å². The second-order valence-corrected chi connectivity index (χ2v) is 7.54. The minimum absolute atomic E-state index is 0.0619. The molecule has 1 aliphatic heterocycles. The van der Waals surface area contributed by atoms with Gasteiger partial charge in [-0.2, -0.15) is 10.2 Å². The summed E-state index contributed by atoms with van der Waals surface area (Å²) in [5.41, 5.74) is 1.32. The normalized spacial score (nSPS) is 14.1. The van der Waals surface area contributed by atoms with Crippen LogP contribution in [-0.2, 0) is 0 Å². The number of piperazine rings is 1. The molecule has 0 aliphatic carbocycles. The highest BCUT2D eigenvalue weighted by Gasteiger charge is 2.28. The summed E-state index contributed by atoms with van der Waals surface area (Å²) >= 11 is 3.28. The van der Waals surface area contributed by atoms with E-state index < -0.39 is 0 Å². The number of phenolic OH excluding ortho intramolecular Hbond substituents is 1. The summed E-state index contributed by atoms with van der Waals surface area (Å²) in [4.78, 5) is 20.6. The number of benzene rings is 1. The molecule has 9 heteroatoms. The summed E-state index contributed by atoms with van der Waals surface area (Å²) in [6.45, 7) is 3.65. The van der Waals surface area contributed by atoms with Gasteiger partial charge in [-0.1, -0.05) is 0 Å². The summed E-state index contributed by atoms with van der Waals surface area (Å²) in [6.07, 6.45) is 1.51. The lowest BCUT2D eigenvalue weighted by Gasteiger charge is -2.34. The van der Waals surface area contributed by atoms with Crippen molar-refractivity contribution in [3.05, 3.63) is 51.8 Å². The molecule has 3 aromatic rings. The number of rotatable bonds is 3. The second kappa shape index (κ2) is 7.64. The number of aromatic nitrogens is 1. The number of furan rings is 1. The molecule has 4 rings (SSSR count). The van der Waals surface area contributed by atoms with Crippen molar-refractivity contribution in [1.82, 2.24) is 9.88 Å². The number of anilines is 1. The van der Waals surface area contributed by atoms with Crippen molar-refractivity contribution in [3.63, 3.8) is 0 Å². The maximum absolute atomic E-state index is 12.9. The number of hydrogen-bond acceptors (Lipinski definition) is 7. The van der Waals surface area contributed by atoms with Crippen molar-refractivity contribution in [2.24, 2.45) is 0 Å². The molecule has 0 bridgehead atoms. The van der Waals surface area contributed by atoms with E-state index in [-0.39, 0.29) is 28.8 Å². The molecule has 2 aromatic heterocycles. The minimum atomic E-state index is -0.235. The number of oxazole rings is 1. The molecule has 1 N–H and O–H groups in total. The van der Waals surface area contributed by atoms with Crippen LogP contribution in [0.3, 0.4) is 0 Å². The zero-order valence-corrected chi connectivity index (χ0v) is 17.1. The van der Waals surface area contributed by atoms with Crippen molar-refractivity contribution < 1.29 is 18.7 Å². The molecule has 0 spiro atoms. The minimum Gasteiger partial charge on any atom is -0.506 e. The van der Waals surface area contributed by atoms with Gasteiger partial charge < -0.3 is 23.7 Å². The van der Waals surface area contributed by atoms with Gasteiger partial charge in [0.25, 0.3) is 11.8 Å². The maximum Gasteiger partial charge on any atom is 0.266 e. The Hall–Kier alpha value is -3.25. The first-order valence-corrected chi connectivity index (χ1v) is 9.75. The van der Waals surface area contributed by atoms with Gasteiger partial charge in [-0.15, -0.1) is 0 Å². The molecular formula is C20H17BrN4O4. The molecule has 148 valence electrons. The number of hydrogen-bond donors (Lipinski definition) is 1. The third-order valence-electron chi connectivity index (χ3n) is 4.74. The molecule has 1 fully saturated rings. The summed E-state index contributed by atoms with van der Waals surface area (Å²) in [5.74, 6) is 0.762. The van der Waals surface area contributed by atoms with E-state index in [4.69, 9.17) is 8.83 Å². The van der Waals surface area contributed by atoms with Crippen LogP contribution in [0.2, 0.25) is 0 Å². The number of halogens is 1. The van der Waals surface area contributed by atoms with Crippen molar-refractivity contribution >= 4 is 27.7 Å². The quantitative estimate of drug-likeness (QED) is 0.641. The van der Waals surface area contributed by atoms with Crippen molar-refractivity contribution in [2.45, 2.75) is 6.92 Å². The molecule has 0 unspecified atom stereocenters. The number of carbonyl (C=O) groups excluding carboxylic acids is 1. The van der Waals surface area contributed by atoms with Crippen molar-refractivity contribution in [1.29, 1.82) is 5.26 Å². The highest BCUT2D eigenvalue weighted by atomic mass is 79.9. The molecule has 29 heavy (non-hydrogen) atoms. The van der Waals surface area contributed by atoms with Crippen LogP contribution >= 0.6 is 15.9 Å². The fourth-order valence-electron chi connectivity index (χ4n) is 3.29. The highest BCUT2D eigenvalue weighted by molar-refractivity contribution is 9.10. The first-order chi connectivity index (χ1) is 14.0. The van der Waals surface area contributed by atoms with E-state index in [1.807, 2.05) is 17.9 Å². The van der Waals surface area contributed by atoms with E-state index in [1.54, 1.807) is 29.2 Å². The molecule has 0 atom stereocenters. The average Bonchev–Trinajstić information content (AvgIpc) is 3.39. The van der Waals surface area contributed by atoms with Crippen LogP contribution in [0.5, 0.6) is 5.75 Å².